The van der Waals surface area contributed by atoms with E-state index in [4.69, 9.17) is 4.84 Å². The highest BCUT2D eigenvalue weighted by Crippen LogP contribution is 2.12. The lowest BCUT2D eigenvalue weighted by atomic mass is 10.3. The number of hydrogen-bond acceptors (Lipinski definition) is 3. The SMILES string of the molecule is CCO/N=C/c1sccc1C. The molecule has 1 aromatic heterocycles. The van der Waals surface area contributed by atoms with Crippen molar-refractivity contribution in [2.24, 2.45) is 5.16 Å². The number of hydrogen-bond donors (Lipinski definition) is 0. The zero-order chi connectivity index (χ0) is 8.10. The number of aryl methyl sites for hydroxylation is 1. The van der Waals surface area contributed by atoms with E-state index < -0.39 is 0 Å². The molecule has 1 aromatic rings. The molecule has 0 aromatic carbocycles. The molecule has 0 amide bonds. The van der Waals surface area contributed by atoms with Crippen LogP contribution >= 0.6 is 11.3 Å². The molecule has 0 saturated heterocycles. The van der Waals surface area contributed by atoms with E-state index in [-0.39, 0.29) is 0 Å². The molecule has 60 valence electrons. The first-order chi connectivity index (χ1) is 5.34. The topological polar surface area (TPSA) is 21.6 Å². The minimum Gasteiger partial charge on any atom is -0.396 e. The van der Waals surface area contributed by atoms with Gasteiger partial charge >= 0.3 is 0 Å². The van der Waals surface area contributed by atoms with Gasteiger partial charge in [0, 0.05) is 0 Å². The lowest BCUT2D eigenvalue weighted by Gasteiger charge is -1.90. The summed E-state index contributed by atoms with van der Waals surface area (Å²) >= 11 is 1.67. The third-order valence-electron chi connectivity index (χ3n) is 1.28. The van der Waals surface area contributed by atoms with Crippen LogP contribution in [0.15, 0.2) is 16.6 Å². The minimum atomic E-state index is 0.626. The monoisotopic (exact) mass is 169 g/mol. The van der Waals surface area contributed by atoms with E-state index in [1.807, 2.05) is 12.3 Å². The van der Waals surface area contributed by atoms with E-state index in [9.17, 15) is 0 Å². The van der Waals surface area contributed by atoms with Gasteiger partial charge in [-0.1, -0.05) is 5.16 Å². The first kappa shape index (κ1) is 8.27. The predicted octanol–water partition coefficient (Wildman–Crippen LogP) is 2.43. The fraction of sp³-hybridized carbons (Fsp3) is 0.375. The molecule has 0 aliphatic heterocycles. The molecule has 0 N–H and O–H groups in total. The molecular weight excluding hydrogens is 158 g/mol. The highest BCUT2D eigenvalue weighted by Gasteiger charge is 1.93. The van der Waals surface area contributed by atoms with E-state index in [0.717, 1.165) is 0 Å². The highest BCUT2D eigenvalue weighted by atomic mass is 32.1. The van der Waals surface area contributed by atoms with Crippen LogP contribution in [-0.2, 0) is 4.84 Å². The van der Waals surface area contributed by atoms with E-state index >= 15 is 0 Å². The van der Waals surface area contributed by atoms with Crippen molar-refractivity contribution < 1.29 is 4.84 Å². The Hall–Kier alpha value is -0.830. The van der Waals surface area contributed by atoms with Crippen molar-refractivity contribution in [1.29, 1.82) is 0 Å². The lowest BCUT2D eigenvalue weighted by Crippen LogP contribution is -1.82. The van der Waals surface area contributed by atoms with Crippen molar-refractivity contribution in [3.8, 4) is 0 Å². The van der Waals surface area contributed by atoms with Crippen LogP contribution in [0.4, 0.5) is 0 Å². The Morgan fingerprint density at radius 3 is 3.09 bits per heavy atom. The number of nitrogens with zero attached hydrogens (tertiary/aromatic N) is 1. The van der Waals surface area contributed by atoms with Crippen molar-refractivity contribution in [3.05, 3.63) is 21.9 Å². The van der Waals surface area contributed by atoms with Gasteiger partial charge in [0.25, 0.3) is 0 Å². The highest BCUT2D eigenvalue weighted by molar-refractivity contribution is 7.11. The molecular formula is C8H11NOS. The average molecular weight is 169 g/mol. The van der Waals surface area contributed by atoms with Gasteiger partial charge in [-0.15, -0.1) is 11.3 Å². The first-order valence-electron chi connectivity index (χ1n) is 3.54. The summed E-state index contributed by atoms with van der Waals surface area (Å²) in [5.41, 5.74) is 1.25. The van der Waals surface area contributed by atoms with E-state index in [2.05, 4.69) is 18.1 Å². The van der Waals surface area contributed by atoms with Gasteiger partial charge in [-0.05, 0) is 30.9 Å². The molecule has 0 saturated carbocycles. The smallest absolute Gasteiger partial charge is 0.114 e. The van der Waals surface area contributed by atoms with Crippen LogP contribution in [0.2, 0.25) is 0 Å². The number of rotatable bonds is 3. The maximum atomic E-state index is 4.84. The molecule has 0 spiro atoms. The van der Waals surface area contributed by atoms with Crippen LogP contribution in [0.1, 0.15) is 17.4 Å². The molecule has 1 heterocycles. The maximum Gasteiger partial charge on any atom is 0.114 e. The van der Waals surface area contributed by atoms with Crippen LogP contribution < -0.4 is 0 Å². The summed E-state index contributed by atoms with van der Waals surface area (Å²) in [6.07, 6.45) is 1.75. The summed E-state index contributed by atoms with van der Waals surface area (Å²) in [6.45, 7) is 4.60. The van der Waals surface area contributed by atoms with Gasteiger partial charge in [0.15, 0.2) is 0 Å². The molecule has 0 bridgehead atoms. The average Bonchev–Trinajstić information content (AvgIpc) is 2.37. The third-order valence-corrected chi connectivity index (χ3v) is 2.23. The number of oxime groups is 1. The fourth-order valence-electron chi connectivity index (χ4n) is 0.676. The van der Waals surface area contributed by atoms with E-state index in [1.165, 1.54) is 10.4 Å². The van der Waals surface area contributed by atoms with Gasteiger partial charge in [-0.3, -0.25) is 0 Å². The van der Waals surface area contributed by atoms with E-state index in [0.29, 0.717) is 6.61 Å². The third kappa shape index (κ3) is 2.35. The van der Waals surface area contributed by atoms with Crippen molar-refractivity contribution in [2.75, 3.05) is 6.61 Å². The molecule has 0 fully saturated rings. The van der Waals surface area contributed by atoms with Gasteiger partial charge in [-0.25, -0.2) is 0 Å². The summed E-state index contributed by atoms with van der Waals surface area (Å²) in [4.78, 5) is 6.00. The minimum absolute atomic E-state index is 0.626. The molecule has 0 atom stereocenters. The Balaban J connectivity index is 2.56. The van der Waals surface area contributed by atoms with Gasteiger partial charge in [0.1, 0.15) is 6.61 Å². The molecule has 2 nitrogen and oxygen atoms in total. The van der Waals surface area contributed by atoms with Crippen LogP contribution in [0, 0.1) is 6.92 Å². The normalized spacial score (nSPS) is 10.7. The largest absolute Gasteiger partial charge is 0.396 e. The lowest BCUT2D eigenvalue weighted by molar-refractivity contribution is 0.160. The van der Waals surface area contributed by atoms with Crippen molar-refractivity contribution in [1.82, 2.24) is 0 Å². The predicted molar refractivity (Wildman–Crippen MR) is 48.3 cm³/mol. The molecule has 0 aliphatic rings. The van der Waals surface area contributed by atoms with E-state index in [1.54, 1.807) is 17.6 Å². The van der Waals surface area contributed by atoms with Crippen molar-refractivity contribution in [2.45, 2.75) is 13.8 Å². The summed E-state index contributed by atoms with van der Waals surface area (Å²) in [6, 6.07) is 2.07. The van der Waals surface area contributed by atoms with Crippen LogP contribution in [-0.4, -0.2) is 12.8 Å². The fourth-order valence-corrected chi connectivity index (χ4v) is 1.45. The summed E-state index contributed by atoms with van der Waals surface area (Å²) in [5, 5.41) is 5.82. The molecule has 0 unspecified atom stereocenters. The summed E-state index contributed by atoms with van der Waals surface area (Å²) in [5.74, 6) is 0. The second-order valence-corrected chi connectivity index (χ2v) is 3.07. The second-order valence-electron chi connectivity index (χ2n) is 2.12. The standard InChI is InChI=1S/C8H11NOS/c1-3-10-9-6-8-7(2)4-5-11-8/h4-6H,3H2,1-2H3/b9-6+. The van der Waals surface area contributed by atoms with Gasteiger partial charge in [0.2, 0.25) is 0 Å². The zero-order valence-corrected chi connectivity index (χ0v) is 7.52. The molecule has 11 heavy (non-hydrogen) atoms. The molecule has 0 radical (unpaired) electrons. The Bertz CT molecular complexity index is 242. The Labute approximate surface area is 70.5 Å². The zero-order valence-electron chi connectivity index (χ0n) is 6.70. The first-order valence-corrected chi connectivity index (χ1v) is 4.42. The van der Waals surface area contributed by atoms with Gasteiger partial charge < -0.3 is 4.84 Å². The Morgan fingerprint density at radius 2 is 2.55 bits per heavy atom. The summed E-state index contributed by atoms with van der Waals surface area (Å²) in [7, 11) is 0. The second kappa shape index (κ2) is 4.13. The van der Waals surface area contributed by atoms with Crippen LogP contribution in [0.5, 0.6) is 0 Å². The van der Waals surface area contributed by atoms with Gasteiger partial charge in [-0.2, -0.15) is 0 Å². The van der Waals surface area contributed by atoms with Crippen LogP contribution in [0.25, 0.3) is 0 Å². The Morgan fingerprint density at radius 1 is 1.73 bits per heavy atom. The maximum absolute atomic E-state index is 4.84. The number of thiophene rings is 1. The van der Waals surface area contributed by atoms with Crippen molar-refractivity contribution >= 4 is 17.6 Å². The quantitative estimate of drug-likeness (QED) is 0.503. The van der Waals surface area contributed by atoms with Crippen LogP contribution in [0.3, 0.4) is 0 Å². The summed E-state index contributed by atoms with van der Waals surface area (Å²) < 4.78 is 0. The molecule has 1 rings (SSSR count). The van der Waals surface area contributed by atoms with Crippen molar-refractivity contribution in [3.63, 3.8) is 0 Å². The molecule has 0 aliphatic carbocycles. The van der Waals surface area contributed by atoms with Gasteiger partial charge in [0.05, 0.1) is 11.1 Å². The Kier molecular flexibility index (Phi) is 3.11. The molecule has 3 heteroatoms.